The molecule has 1 aromatic carbocycles. The van der Waals surface area contributed by atoms with Crippen LogP contribution in [0.1, 0.15) is 49.3 Å². The standard InChI is InChI=1S/C16H22O3/c17-16-8-5-12-11-14(6-7-15(12)16)19-10-2-4-13-3-1-9-18-13/h6-7,11,13,16-17H,1-5,8-10H2/t13?,16-/m0/s1. The van der Waals surface area contributed by atoms with Crippen LogP contribution < -0.4 is 4.74 Å². The van der Waals surface area contributed by atoms with Gasteiger partial charge in [0.05, 0.1) is 18.8 Å². The first kappa shape index (κ1) is 12.9. The van der Waals surface area contributed by atoms with Crippen molar-refractivity contribution in [2.24, 2.45) is 0 Å². The minimum Gasteiger partial charge on any atom is -0.494 e. The fraction of sp³-hybridized carbons (Fsp3) is 0.625. The van der Waals surface area contributed by atoms with E-state index in [1.165, 1.54) is 18.4 Å². The van der Waals surface area contributed by atoms with Crippen molar-refractivity contribution >= 4 is 0 Å². The van der Waals surface area contributed by atoms with Crippen LogP contribution in [0.3, 0.4) is 0 Å². The van der Waals surface area contributed by atoms with Gasteiger partial charge >= 0.3 is 0 Å². The molecule has 0 radical (unpaired) electrons. The smallest absolute Gasteiger partial charge is 0.119 e. The Bertz CT molecular complexity index is 424. The van der Waals surface area contributed by atoms with E-state index in [4.69, 9.17) is 9.47 Å². The van der Waals surface area contributed by atoms with Crippen LogP contribution in [0.4, 0.5) is 0 Å². The molecule has 1 unspecified atom stereocenters. The molecule has 0 saturated carbocycles. The fourth-order valence-electron chi connectivity index (χ4n) is 3.03. The lowest BCUT2D eigenvalue weighted by molar-refractivity contribution is 0.0981. The van der Waals surface area contributed by atoms with Crippen LogP contribution in [0.2, 0.25) is 0 Å². The monoisotopic (exact) mass is 262 g/mol. The van der Waals surface area contributed by atoms with Gasteiger partial charge in [0.1, 0.15) is 5.75 Å². The Hall–Kier alpha value is -1.06. The molecule has 1 aromatic rings. The molecule has 2 aliphatic rings. The quantitative estimate of drug-likeness (QED) is 0.829. The van der Waals surface area contributed by atoms with Gasteiger partial charge in [-0.2, -0.15) is 0 Å². The number of ether oxygens (including phenoxy) is 2. The lowest BCUT2D eigenvalue weighted by Crippen LogP contribution is -2.07. The van der Waals surface area contributed by atoms with Gasteiger partial charge in [-0.05, 0) is 61.8 Å². The third-order valence-corrected chi connectivity index (χ3v) is 4.12. The minimum absolute atomic E-state index is 0.274. The summed E-state index contributed by atoms with van der Waals surface area (Å²) < 4.78 is 11.4. The summed E-state index contributed by atoms with van der Waals surface area (Å²) in [6, 6.07) is 6.06. The maximum absolute atomic E-state index is 9.75. The van der Waals surface area contributed by atoms with Crippen molar-refractivity contribution in [2.45, 2.75) is 50.7 Å². The molecule has 1 fully saturated rings. The lowest BCUT2D eigenvalue weighted by Gasteiger charge is -2.11. The summed E-state index contributed by atoms with van der Waals surface area (Å²) in [4.78, 5) is 0. The molecule has 3 rings (SSSR count). The third kappa shape index (κ3) is 3.10. The number of aryl methyl sites for hydroxylation is 1. The highest BCUT2D eigenvalue weighted by molar-refractivity contribution is 5.39. The van der Waals surface area contributed by atoms with Crippen molar-refractivity contribution in [1.82, 2.24) is 0 Å². The van der Waals surface area contributed by atoms with Crippen LogP contribution in [0.5, 0.6) is 5.75 Å². The van der Waals surface area contributed by atoms with Crippen molar-refractivity contribution in [3.8, 4) is 5.75 Å². The Labute approximate surface area is 114 Å². The molecule has 0 bridgehead atoms. The number of rotatable bonds is 5. The summed E-state index contributed by atoms with van der Waals surface area (Å²) in [6.07, 6.45) is 6.55. The summed E-state index contributed by atoms with van der Waals surface area (Å²) in [5.41, 5.74) is 2.32. The molecule has 104 valence electrons. The number of fused-ring (bicyclic) bond motifs is 1. The van der Waals surface area contributed by atoms with Gasteiger partial charge in [-0.1, -0.05) is 6.07 Å². The Kier molecular flexibility index (Phi) is 4.04. The van der Waals surface area contributed by atoms with Gasteiger partial charge in [0.2, 0.25) is 0 Å². The SMILES string of the molecule is O[C@H]1CCc2cc(OCCCC3CCCO3)ccc21. The lowest BCUT2D eigenvalue weighted by atomic mass is 10.1. The molecule has 19 heavy (non-hydrogen) atoms. The largest absolute Gasteiger partial charge is 0.494 e. The number of hydrogen-bond donors (Lipinski definition) is 1. The summed E-state index contributed by atoms with van der Waals surface area (Å²) >= 11 is 0. The normalized spacial score (nSPS) is 25.5. The average molecular weight is 262 g/mol. The predicted molar refractivity (Wildman–Crippen MR) is 73.4 cm³/mol. The molecule has 2 atom stereocenters. The van der Waals surface area contributed by atoms with E-state index in [1.54, 1.807) is 0 Å². The molecule has 0 amide bonds. The zero-order valence-electron chi connectivity index (χ0n) is 11.3. The van der Waals surface area contributed by atoms with Crippen LogP contribution in [-0.2, 0) is 11.2 Å². The van der Waals surface area contributed by atoms with Gasteiger partial charge in [0, 0.05) is 6.61 Å². The van der Waals surface area contributed by atoms with E-state index in [0.29, 0.717) is 6.10 Å². The molecule has 0 aromatic heterocycles. The van der Waals surface area contributed by atoms with E-state index in [1.807, 2.05) is 12.1 Å². The fourth-order valence-corrected chi connectivity index (χ4v) is 3.03. The molecule has 1 heterocycles. The van der Waals surface area contributed by atoms with E-state index in [2.05, 4.69) is 6.07 Å². The number of benzene rings is 1. The zero-order chi connectivity index (χ0) is 13.1. The summed E-state index contributed by atoms with van der Waals surface area (Å²) in [5, 5.41) is 9.75. The van der Waals surface area contributed by atoms with Gasteiger partial charge in [-0.25, -0.2) is 0 Å². The Morgan fingerprint density at radius 1 is 1.32 bits per heavy atom. The second kappa shape index (κ2) is 5.93. The van der Waals surface area contributed by atoms with E-state index in [0.717, 1.165) is 50.2 Å². The van der Waals surface area contributed by atoms with Crippen LogP contribution >= 0.6 is 0 Å². The topological polar surface area (TPSA) is 38.7 Å². The highest BCUT2D eigenvalue weighted by atomic mass is 16.5. The number of aliphatic hydroxyl groups excluding tert-OH is 1. The van der Waals surface area contributed by atoms with E-state index in [9.17, 15) is 5.11 Å². The first-order valence-corrected chi connectivity index (χ1v) is 7.38. The minimum atomic E-state index is -0.274. The second-order valence-electron chi connectivity index (χ2n) is 5.54. The van der Waals surface area contributed by atoms with Crippen molar-refractivity contribution in [3.05, 3.63) is 29.3 Å². The van der Waals surface area contributed by atoms with E-state index < -0.39 is 0 Å². The van der Waals surface area contributed by atoms with Crippen LogP contribution in [0.15, 0.2) is 18.2 Å². The summed E-state index contributed by atoms with van der Waals surface area (Å²) in [7, 11) is 0. The molecule has 1 aliphatic heterocycles. The molecule has 1 saturated heterocycles. The first-order valence-electron chi connectivity index (χ1n) is 7.38. The second-order valence-corrected chi connectivity index (χ2v) is 5.54. The van der Waals surface area contributed by atoms with Crippen LogP contribution in [-0.4, -0.2) is 24.4 Å². The summed E-state index contributed by atoms with van der Waals surface area (Å²) in [6.45, 7) is 1.68. The number of aliphatic hydroxyl groups is 1. The molecular weight excluding hydrogens is 240 g/mol. The maximum Gasteiger partial charge on any atom is 0.119 e. The molecule has 1 aliphatic carbocycles. The molecule has 3 heteroatoms. The summed E-state index contributed by atoms with van der Waals surface area (Å²) in [5.74, 6) is 0.931. The highest BCUT2D eigenvalue weighted by Gasteiger charge is 2.20. The average Bonchev–Trinajstić information content (AvgIpc) is 3.05. The molecule has 1 N–H and O–H groups in total. The van der Waals surface area contributed by atoms with Gasteiger partial charge in [0.15, 0.2) is 0 Å². The maximum atomic E-state index is 9.75. The van der Waals surface area contributed by atoms with Crippen molar-refractivity contribution in [2.75, 3.05) is 13.2 Å². The Morgan fingerprint density at radius 3 is 3.11 bits per heavy atom. The Balaban J connectivity index is 1.45. The van der Waals surface area contributed by atoms with Gasteiger partial charge in [0.25, 0.3) is 0 Å². The molecule has 0 spiro atoms. The Morgan fingerprint density at radius 2 is 2.26 bits per heavy atom. The van der Waals surface area contributed by atoms with Crippen molar-refractivity contribution < 1.29 is 14.6 Å². The third-order valence-electron chi connectivity index (χ3n) is 4.12. The van der Waals surface area contributed by atoms with Crippen molar-refractivity contribution in [1.29, 1.82) is 0 Å². The van der Waals surface area contributed by atoms with E-state index >= 15 is 0 Å². The zero-order valence-corrected chi connectivity index (χ0v) is 11.3. The van der Waals surface area contributed by atoms with Crippen molar-refractivity contribution in [3.63, 3.8) is 0 Å². The first-order chi connectivity index (χ1) is 9.33. The number of hydrogen-bond acceptors (Lipinski definition) is 3. The van der Waals surface area contributed by atoms with Gasteiger partial charge in [-0.15, -0.1) is 0 Å². The molecular formula is C16H22O3. The van der Waals surface area contributed by atoms with Crippen LogP contribution in [0, 0.1) is 0 Å². The van der Waals surface area contributed by atoms with Gasteiger partial charge in [-0.3, -0.25) is 0 Å². The highest BCUT2D eigenvalue weighted by Crippen LogP contribution is 2.33. The van der Waals surface area contributed by atoms with Gasteiger partial charge < -0.3 is 14.6 Å². The predicted octanol–water partition coefficient (Wildman–Crippen LogP) is 3.00. The van der Waals surface area contributed by atoms with E-state index in [-0.39, 0.29) is 6.10 Å². The van der Waals surface area contributed by atoms with Crippen LogP contribution in [0.25, 0.3) is 0 Å². The molecule has 3 nitrogen and oxygen atoms in total.